The number of aryl methyl sites for hydroxylation is 2. The van der Waals surface area contributed by atoms with E-state index in [-0.39, 0.29) is 16.2 Å². The van der Waals surface area contributed by atoms with Crippen molar-refractivity contribution in [3.05, 3.63) is 54.6 Å². The Balaban J connectivity index is 2.31. The van der Waals surface area contributed by atoms with Crippen LogP contribution >= 0.6 is 11.3 Å². The molecule has 3 heterocycles. The lowest BCUT2D eigenvalue weighted by Crippen LogP contribution is -2.27. The fourth-order valence-corrected chi connectivity index (χ4v) is 2.53. The highest BCUT2D eigenvalue weighted by Crippen LogP contribution is 2.07. The Bertz CT molecular complexity index is 935. The molecular formula is C12H9N3O3S. The molecule has 0 saturated carbocycles. The molecule has 0 spiro atoms. The zero-order valence-corrected chi connectivity index (χ0v) is 11.0. The lowest BCUT2D eigenvalue weighted by Gasteiger charge is -1.89. The number of fused-ring (bicyclic) bond motifs is 1. The summed E-state index contributed by atoms with van der Waals surface area (Å²) in [6, 6.07) is 3.59. The van der Waals surface area contributed by atoms with E-state index in [4.69, 9.17) is 4.42 Å². The molecule has 3 aromatic heterocycles. The van der Waals surface area contributed by atoms with Gasteiger partial charge in [0.2, 0.25) is 4.96 Å². The first kappa shape index (κ1) is 11.8. The van der Waals surface area contributed by atoms with E-state index in [9.17, 15) is 9.59 Å². The molecule has 6 nitrogen and oxygen atoms in total. The predicted octanol–water partition coefficient (Wildman–Crippen LogP) is 0.269. The van der Waals surface area contributed by atoms with Gasteiger partial charge in [0.15, 0.2) is 0 Å². The van der Waals surface area contributed by atoms with Crippen LogP contribution in [0.25, 0.3) is 11.0 Å². The molecular weight excluding hydrogens is 266 g/mol. The third-order valence-electron chi connectivity index (χ3n) is 2.58. The monoisotopic (exact) mass is 275 g/mol. The van der Waals surface area contributed by atoms with Crippen molar-refractivity contribution in [2.75, 3.05) is 0 Å². The van der Waals surface area contributed by atoms with Gasteiger partial charge in [-0.3, -0.25) is 9.59 Å². The van der Waals surface area contributed by atoms with E-state index < -0.39 is 5.56 Å². The van der Waals surface area contributed by atoms with E-state index >= 15 is 0 Å². The summed E-state index contributed by atoms with van der Waals surface area (Å²) in [7, 11) is 0. The molecule has 0 amide bonds. The SMILES string of the molecule is Cc1ccc(/C=c2\sc3nc(=O)c(C)nn3c2=O)o1. The summed E-state index contributed by atoms with van der Waals surface area (Å²) < 4.78 is 6.96. The van der Waals surface area contributed by atoms with Crippen molar-refractivity contribution in [1.82, 2.24) is 14.6 Å². The van der Waals surface area contributed by atoms with Gasteiger partial charge < -0.3 is 4.42 Å². The van der Waals surface area contributed by atoms with E-state index in [0.717, 1.165) is 21.6 Å². The molecule has 0 aliphatic carbocycles. The summed E-state index contributed by atoms with van der Waals surface area (Å²) in [6.07, 6.45) is 1.62. The molecule has 0 fully saturated rings. The van der Waals surface area contributed by atoms with Gasteiger partial charge in [-0.25, -0.2) is 0 Å². The zero-order chi connectivity index (χ0) is 13.6. The Hall–Kier alpha value is -2.28. The van der Waals surface area contributed by atoms with Crippen LogP contribution in [0.15, 0.2) is 26.1 Å². The van der Waals surface area contributed by atoms with Crippen LogP contribution in [-0.4, -0.2) is 14.6 Å². The van der Waals surface area contributed by atoms with Crippen LogP contribution in [0.5, 0.6) is 0 Å². The third kappa shape index (κ3) is 1.97. The van der Waals surface area contributed by atoms with Gasteiger partial charge in [-0.05, 0) is 26.0 Å². The normalized spacial score (nSPS) is 12.4. The second-order valence-electron chi connectivity index (χ2n) is 4.06. The molecule has 19 heavy (non-hydrogen) atoms. The molecule has 3 rings (SSSR count). The molecule has 0 aliphatic heterocycles. The maximum atomic E-state index is 12.1. The van der Waals surface area contributed by atoms with Crippen molar-refractivity contribution in [3.8, 4) is 0 Å². The highest BCUT2D eigenvalue weighted by atomic mass is 32.1. The van der Waals surface area contributed by atoms with Gasteiger partial charge in [-0.2, -0.15) is 14.6 Å². The summed E-state index contributed by atoms with van der Waals surface area (Å²) in [4.78, 5) is 27.6. The van der Waals surface area contributed by atoms with Crippen LogP contribution in [0.2, 0.25) is 0 Å². The Morgan fingerprint density at radius 1 is 1.32 bits per heavy atom. The minimum Gasteiger partial charge on any atom is -0.462 e. The van der Waals surface area contributed by atoms with Crippen molar-refractivity contribution in [2.24, 2.45) is 0 Å². The van der Waals surface area contributed by atoms with E-state index in [2.05, 4.69) is 10.1 Å². The number of aromatic nitrogens is 3. The molecule has 0 atom stereocenters. The summed E-state index contributed by atoms with van der Waals surface area (Å²) in [6.45, 7) is 3.35. The molecule has 96 valence electrons. The van der Waals surface area contributed by atoms with Crippen molar-refractivity contribution in [1.29, 1.82) is 0 Å². The fourth-order valence-electron chi connectivity index (χ4n) is 1.65. The van der Waals surface area contributed by atoms with Crippen LogP contribution in [0.1, 0.15) is 17.2 Å². The first-order chi connectivity index (χ1) is 9.04. The van der Waals surface area contributed by atoms with E-state index in [1.807, 2.05) is 13.0 Å². The average molecular weight is 275 g/mol. The molecule has 0 N–H and O–H groups in total. The maximum Gasteiger partial charge on any atom is 0.295 e. The van der Waals surface area contributed by atoms with Crippen LogP contribution in [0.3, 0.4) is 0 Å². The van der Waals surface area contributed by atoms with Gasteiger partial charge in [0.25, 0.3) is 11.1 Å². The van der Waals surface area contributed by atoms with Crippen LogP contribution in [0.4, 0.5) is 0 Å². The number of hydrogen-bond acceptors (Lipinski definition) is 6. The van der Waals surface area contributed by atoms with Gasteiger partial charge in [-0.1, -0.05) is 11.3 Å². The van der Waals surface area contributed by atoms with Gasteiger partial charge in [0.05, 0.1) is 0 Å². The van der Waals surface area contributed by atoms with Gasteiger partial charge in [-0.15, -0.1) is 0 Å². The van der Waals surface area contributed by atoms with E-state index in [1.54, 1.807) is 12.1 Å². The fraction of sp³-hybridized carbons (Fsp3) is 0.167. The van der Waals surface area contributed by atoms with Crippen LogP contribution < -0.4 is 15.7 Å². The summed E-state index contributed by atoms with van der Waals surface area (Å²) >= 11 is 1.11. The summed E-state index contributed by atoms with van der Waals surface area (Å²) in [5, 5.41) is 3.93. The maximum absolute atomic E-state index is 12.1. The number of rotatable bonds is 1. The van der Waals surface area contributed by atoms with Crippen LogP contribution in [-0.2, 0) is 0 Å². The Labute approximate surface area is 110 Å². The summed E-state index contributed by atoms with van der Waals surface area (Å²) in [5.74, 6) is 1.35. The largest absolute Gasteiger partial charge is 0.462 e. The molecule has 7 heteroatoms. The molecule has 0 unspecified atom stereocenters. The summed E-state index contributed by atoms with van der Waals surface area (Å²) in [5.41, 5.74) is -0.515. The van der Waals surface area contributed by atoms with E-state index in [0.29, 0.717) is 10.3 Å². The second-order valence-corrected chi connectivity index (χ2v) is 5.07. The van der Waals surface area contributed by atoms with E-state index in [1.165, 1.54) is 6.92 Å². The number of hydrogen-bond donors (Lipinski definition) is 0. The zero-order valence-electron chi connectivity index (χ0n) is 10.2. The molecule has 0 bridgehead atoms. The third-order valence-corrected chi connectivity index (χ3v) is 3.54. The minimum atomic E-state index is -0.415. The van der Waals surface area contributed by atoms with Crippen molar-refractivity contribution in [3.63, 3.8) is 0 Å². The first-order valence-electron chi connectivity index (χ1n) is 5.53. The van der Waals surface area contributed by atoms with Gasteiger partial charge in [0.1, 0.15) is 21.7 Å². The Morgan fingerprint density at radius 2 is 2.11 bits per heavy atom. The molecule has 0 aliphatic rings. The van der Waals surface area contributed by atoms with Gasteiger partial charge in [0, 0.05) is 6.08 Å². The molecule has 0 aromatic carbocycles. The molecule has 3 aromatic rings. The van der Waals surface area contributed by atoms with Crippen molar-refractivity contribution >= 4 is 22.4 Å². The van der Waals surface area contributed by atoms with Crippen molar-refractivity contribution < 1.29 is 4.42 Å². The standard InChI is InChI=1S/C12H9N3O3S/c1-6-3-4-8(18-6)5-9-11(17)15-12(19-9)13-10(16)7(2)14-15/h3-5H,1-2H3/b9-5-. The Morgan fingerprint density at radius 3 is 2.79 bits per heavy atom. The number of furan rings is 1. The van der Waals surface area contributed by atoms with Crippen LogP contribution in [0, 0.1) is 13.8 Å². The highest BCUT2D eigenvalue weighted by Gasteiger charge is 2.08. The molecule has 0 saturated heterocycles. The molecule has 0 radical (unpaired) electrons. The topological polar surface area (TPSA) is 77.5 Å². The quantitative estimate of drug-likeness (QED) is 0.637. The Kier molecular flexibility index (Phi) is 2.56. The van der Waals surface area contributed by atoms with Gasteiger partial charge >= 0.3 is 0 Å². The van der Waals surface area contributed by atoms with Crippen molar-refractivity contribution in [2.45, 2.75) is 13.8 Å². The minimum absolute atomic E-state index is 0.202. The lowest BCUT2D eigenvalue weighted by molar-refractivity contribution is 0.525. The highest BCUT2D eigenvalue weighted by molar-refractivity contribution is 7.15. The predicted molar refractivity (Wildman–Crippen MR) is 70.4 cm³/mol. The second kappa shape index (κ2) is 4.13. The lowest BCUT2D eigenvalue weighted by atomic mass is 10.4. The number of nitrogens with zero attached hydrogens (tertiary/aromatic N) is 3. The smallest absolute Gasteiger partial charge is 0.295 e. The number of thiazole rings is 1. The first-order valence-corrected chi connectivity index (χ1v) is 6.35. The average Bonchev–Trinajstić information content (AvgIpc) is 2.88.